The van der Waals surface area contributed by atoms with E-state index in [1.54, 1.807) is 6.26 Å². The maximum atomic E-state index is 5.69. The third-order valence-electron chi connectivity index (χ3n) is 3.97. The van der Waals surface area contributed by atoms with Crippen molar-refractivity contribution in [1.82, 2.24) is 5.32 Å². The average Bonchev–Trinajstić information content (AvgIpc) is 2.96. The first kappa shape index (κ1) is 13.3. The van der Waals surface area contributed by atoms with Crippen LogP contribution in [0.2, 0.25) is 0 Å². The van der Waals surface area contributed by atoms with Gasteiger partial charge in [-0.2, -0.15) is 0 Å². The second-order valence-electron chi connectivity index (χ2n) is 5.19. The summed E-state index contributed by atoms with van der Waals surface area (Å²) in [6, 6.07) is 8.76. The molecule has 2 heterocycles. The largest absolute Gasteiger partial charge is 0.493 e. The highest BCUT2D eigenvalue weighted by atomic mass is 16.5. The van der Waals surface area contributed by atoms with Crippen LogP contribution in [0.25, 0.3) is 0 Å². The summed E-state index contributed by atoms with van der Waals surface area (Å²) in [5.41, 5.74) is 3.81. The van der Waals surface area contributed by atoms with Crippen molar-refractivity contribution >= 4 is 0 Å². The molecule has 2 aromatic rings. The zero-order valence-corrected chi connectivity index (χ0v) is 12.1. The molecule has 0 fully saturated rings. The SMILES string of the molecule is CCc1occc1C(NC)c1ccc2c(c1)CCCO2. The van der Waals surface area contributed by atoms with Gasteiger partial charge in [0.1, 0.15) is 11.5 Å². The third-order valence-corrected chi connectivity index (χ3v) is 3.97. The predicted molar refractivity (Wildman–Crippen MR) is 79.2 cm³/mol. The van der Waals surface area contributed by atoms with Gasteiger partial charge in [0.05, 0.1) is 18.9 Å². The lowest BCUT2D eigenvalue weighted by molar-refractivity contribution is 0.288. The van der Waals surface area contributed by atoms with Crippen LogP contribution in [-0.4, -0.2) is 13.7 Å². The maximum absolute atomic E-state index is 5.69. The Bertz CT molecular complexity index is 588. The standard InChI is InChI=1S/C17H21NO2/c1-3-15-14(8-10-20-15)17(18-2)13-6-7-16-12(11-13)5-4-9-19-16/h6-8,10-11,17-18H,3-5,9H2,1-2H3. The van der Waals surface area contributed by atoms with Crippen LogP contribution in [0, 0.1) is 0 Å². The summed E-state index contributed by atoms with van der Waals surface area (Å²) in [5, 5.41) is 3.40. The molecule has 1 aliphatic heterocycles. The fourth-order valence-corrected chi connectivity index (χ4v) is 2.96. The first-order chi connectivity index (χ1) is 9.83. The van der Waals surface area contributed by atoms with Gasteiger partial charge in [0.2, 0.25) is 0 Å². The Hall–Kier alpha value is -1.74. The van der Waals surface area contributed by atoms with Gasteiger partial charge in [-0.1, -0.05) is 19.1 Å². The van der Waals surface area contributed by atoms with Crippen molar-refractivity contribution in [2.45, 2.75) is 32.2 Å². The fraction of sp³-hybridized carbons (Fsp3) is 0.412. The van der Waals surface area contributed by atoms with Gasteiger partial charge in [-0.15, -0.1) is 0 Å². The molecule has 1 aromatic carbocycles. The zero-order chi connectivity index (χ0) is 13.9. The molecule has 1 aromatic heterocycles. The van der Waals surface area contributed by atoms with Crippen molar-refractivity contribution < 1.29 is 9.15 Å². The smallest absolute Gasteiger partial charge is 0.122 e. The van der Waals surface area contributed by atoms with Gasteiger partial charge in [-0.05, 0) is 43.1 Å². The lowest BCUT2D eigenvalue weighted by atomic mass is 9.94. The normalized spacial score (nSPS) is 15.5. The molecular weight excluding hydrogens is 250 g/mol. The molecule has 0 aliphatic carbocycles. The van der Waals surface area contributed by atoms with Gasteiger partial charge in [0, 0.05) is 12.0 Å². The molecule has 0 spiro atoms. The third kappa shape index (κ3) is 2.34. The number of aryl methyl sites for hydroxylation is 2. The predicted octanol–water partition coefficient (Wildman–Crippen LogP) is 3.48. The minimum Gasteiger partial charge on any atom is -0.493 e. The summed E-state index contributed by atoms with van der Waals surface area (Å²) >= 11 is 0. The Morgan fingerprint density at radius 1 is 1.30 bits per heavy atom. The van der Waals surface area contributed by atoms with E-state index in [9.17, 15) is 0 Å². The molecule has 1 unspecified atom stereocenters. The molecule has 0 saturated heterocycles. The van der Waals surface area contributed by atoms with Gasteiger partial charge in [-0.3, -0.25) is 0 Å². The molecule has 0 radical (unpaired) electrons. The number of hydrogen-bond donors (Lipinski definition) is 1. The molecule has 0 bridgehead atoms. The summed E-state index contributed by atoms with van der Waals surface area (Å²) in [5.74, 6) is 2.09. The molecule has 0 saturated carbocycles. The Morgan fingerprint density at radius 3 is 3.00 bits per heavy atom. The monoisotopic (exact) mass is 271 g/mol. The lowest BCUT2D eigenvalue weighted by Gasteiger charge is -2.21. The van der Waals surface area contributed by atoms with Crippen molar-refractivity contribution in [2.75, 3.05) is 13.7 Å². The summed E-state index contributed by atoms with van der Waals surface area (Å²) in [6.07, 6.45) is 4.90. The van der Waals surface area contributed by atoms with Gasteiger partial charge < -0.3 is 14.5 Å². The fourth-order valence-electron chi connectivity index (χ4n) is 2.96. The van der Waals surface area contributed by atoms with Crippen molar-refractivity contribution in [2.24, 2.45) is 0 Å². The van der Waals surface area contributed by atoms with Crippen LogP contribution in [-0.2, 0) is 12.8 Å². The molecule has 20 heavy (non-hydrogen) atoms. The van der Waals surface area contributed by atoms with Crippen LogP contribution in [0.3, 0.4) is 0 Å². The first-order valence-electron chi connectivity index (χ1n) is 7.32. The molecule has 3 heteroatoms. The Morgan fingerprint density at radius 2 is 2.20 bits per heavy atom. The van der Waals surface area contributed by atoms with E-state index < -0.39 is 0 Å². The van der Waals surface area contributed by atoms with E-state index in [1.807, 2.05) is 7.05 Å². The molecule has 1 atom stereocenters. The highest BCUT2D eigenvalue weighted by Crippen LogP contribution is 2.31. The molecule has 3 rings (SSSR count). The van der Waals surface area contributed by atoms with E-state index in [0.717, 1.165) is 37.4 Å². The van der Waals surface area contributed by atoms with Gasteiger partial charge >= 0.3 is 0 Å². The second-order valence-corrected chi connectivity index (χ2v) is 5.19. The highest BCUT2D eigenvalue weighted by molar-refractivity contribution is 5.42. The first-order valence-corrected chi connectivity index (χ1v) is 7.32. The lowest BCUT2D eigenvalue weighted by Crippen LogP contribution is -2.19. The Kier molecular flexibility index (Phi) is 3.79. The van der Waals surface area contributed by atoms with Crippen molar-refractivity contribution in [3.05, 3.63) is 53.0 Å². The summed E-state index contributed by atoms with van der Waals surface area (Å²) in [6.45, 7) is 2.96. The van der Waals surface area contributed by atoms with E-state index in [-0.39, 0.29) is 6.04 Å². The summed E-state index contributed by atoms with van der Waals surface area (Å²) in [7, 11) is 1.99. The van der Waals surface area contributed by atoms with Crippen LogP contribution in [0.1, 0.15) is 41.8 Å². The van der Waals surface area contributed by atoms with Crippen molar-refractivity contribution in [3.8, 4) is 5.75 Å². The molecule has 1 N–H and O–H groups in total. The van der Waals surface area contributed by atoms with Crippen LogP contribution in [0.4, 0.5) is 0 Å². The minimum atomic E-state index is 0.177. The molecule has 106 valence electrons. The van der Waals surface area contributed by atoms with Crippen molar-refractivity contribution in [3.63, 3.8) is 0 Å². The van der Waals surface area contributed by atoms with E-state index in [0.29, 0.717) is 0 Å². The van der Waals surface area contributed by atoms with E-state index in [1.165, 1.54) is 16.7 Å². The molecular formula is C17H21NO2. The number of nitrogens with one attached hydrogen (secondary N) is 1. The number of rotatable bonds is 4. The Labute approximate surface area is 119 Å². The minimum absolute atomic E-state index is 0.177. The topological polar surface area (TPSA) is 34.4 Å². The molecule has 3 nitrogen and oxygen atoms in total. The average molecular weight is 271 g/mol. The van der Waals surface area contributed by atoms with E-state index in [4.69, 9.17) is 9.15 Å². The highest BCUT2D eigenvalue weighted by Gasteiger charge is 2.19. The van der Waals surface area contributed by atoms with Crippen LogP contribution >= 0.6 is 0 Å². The van der Waals surface area contributed by atoms with Crippen molar-refractivity contribution in [1.29, 1.82) is 0 Å². The van der Waals surface area contributed by atoms with Gasteiger partial charge in [-0.25, -0.2) is 0 Å². The summed E-state index contributed by atoms with van der Waals surface area (Å²) in [4.78, 5) is 0. The second kappa shape index (κ2) is 5.71. The number of furan rings is 1. The van der Waals surface area contributed by atoms with Crippen LogP contribution < -0.4 is 10.1 Å². The van der Waals surface area contributed by atoms with Gasteiger partial charge in [0.25, 0.3) is 0 Å². The van der Waals surface area contributed by atoms with Gasteiger partial charge in [0.15, 0.2) is 0 Å². The Balaban J connectivity index is 1.97. The van der Waals surface area contributed by atoms with Crippen LogP contribution in [0.15, 0.2) is 34.9 Å². The molecule has 1 aliphatic rings. The van der Waals surface area contributed by atoms with E-state index >= 15 is 0 Å². The maximum Gasteiger partial charge on any atom is 0.122 e. The molecule has 0 amide bonds. The number of fused-ring (bicyclic) bond motifs is 1. The summed E-state index contributed by atoms with van der Waals surface area (Å²) < 4.78 is 11.3. The quantitative estimate of drug-likeness (QED) is 0.924. The number of ether oxygens (including phenoxy) is 1. The zero-order valence-electron chi connectivity index (χ0n) is 12.1. The van der Waals surface area contributed by atoms with E-state index in [2.05, 4.69) is 36.5 Å². The number of benzene rings is 1. The number of hydrogen-bond acceptors (Lipinski definition) is 3. The van der Waals surface area contributed by atoms with Crippen LogP contribution in [0.5, 0.6) is 5.75 Å².